The van der Waals surface area contributed by atoms with Crippen molar-refractivity contribution in [1.29, 1.82) is 1.43 Å². The number of nitrogens with zero attached hydrogens (tertiary/aromatic N) is 4. The average molecular weight is 558 g/mol. The van der Waals surface area contributed by atoms with E-state index in [1.165, 1.54) is 49.8 Å². The van der Waals surface area contributed by atoms with Gasteiger partial charge < -0.3 is 19.3 Å². The summed E-state index contributed by atoms with van der Waals surface area (Å²) >= 11 is 0. The van der Waals surface area contributed by atoms with Crippen molar-refractivity contribution in [2.45, 2.75) is 31.1 Å². The highest BCUT2D eigenvalue weighted by Crippen LogP contribution is 2.41. The van der Waals surface area contributed by atoms with Gasteiger partial charge in [-0.2, -0.15) is 4.98 Å². The van der Waals surface area contributed by atoms with Crippen molar-refractivity contribution < 1.29 is 34.6 Å². The molecule has 0 amide bonds. The lowest BCUT2D eigenvalue weighted by Crippen LogP contribution is -2.17. The fourth-order valence-electron chi connectivity index (χ4n) is 3.33. The Bertz CT molecular complexity index is 1760. The molecule has 0 unspecified atom stereocenters. The maximum absolute atomic E-state index is 13.8. The predicted molar refractivity (Wildman–Crippen MR) is 145 cm³/mol. The van der Waals surface area contributed by atoms with E-state index in [0.29, 0.717) is 0 Å². The maximum Gasteiger partial charge on any atom is 0.263 e. The molecule has 0 aliphatic rings. The van der Waals surface area contributed by atoms with Gasteiger partial charge in [-0.05, 0) is 41.3 Å². The molecule has 2 aromatic heterocycles. The van der Waals surface area contributed by atoms with Gasteiger partial charge in [0.1, 0.15) is 6.56 Å². The third kappa shape index (κ3) is 6.59. The Hall–Kier alpha value is -4.29. The van der Waals surface area contributed by atoms with Crippen molar-refractivity contribution in [2.75, 3.05) is 24.9 Å². The first-order valence-corrected chi connectivity index (χ1v) is 12.9. The quantitative estimate of drug-likeness (QED) is 0.275. The summed E-state index contributed by atoms with van der Waals surface area (Å²) in [4.78, 5) is 16.1. The summed E-state index contributed by atoms with van der Waals surface area (Å²) < 4.78 is 92.0. The highest BCUT2D eigenvalue weighted by molar-refractivity contribution is 7.92. The summed E-state index contributed by atoms with van der Waals surface area (Å²) in [6.45, 7) is -0.904. The zero-order valence-electron chi connectivity index (χ0n) is 27.4. The largest absolute Gasteiger partial charge is 0.493 e. The van der Waals surface area contributed by atoms with Gasteiger partial charge in [-0.1, -0.05) is 45.0 Å². The number of aliphatic hydroxyl groups is 1. The molecule has 11 nitrogen and oxygen atoms in total. The van der Waals surface area contributed by atoms with Gasteiger partial charge in [0.25, 0.3) is 15.9 Å². The van der Waals surface area contributed by atoms with Crippen LogP contribution in [-0.4, -0.2) is 55.1 Å². The summed E-state index contributed by atoms with van der Waals surface area (Å²) in [5.74, 6) is -2.84. The normalized spacial score (nSPS) is 14.6. The van der Waals surface area contributed by atoms with Crippen LogP contribution in [0.3, 0.4) is 0 Å². The van der Waals surface area contributed by atoms with Crippen LogP contribution < -0.4 is 18.9 Å². The fourth-order valence-corrected chi connectivity index (χ4v) is 4.27. The van der Waals surface area contributed by atoms with E-state index in [-0.39, 0.29) is 32.3 Å². The minimum Gasteiger partial charge on any atom is -0.493 e. The average Bonchev–Trinajstić information content (AvgIpc) is 3.01. The summed E-state index contributed by atoms with van der Waals surface area (Å²) in [6, 6.07) is 13.5. The fraction of sp³-hybridized carbons (Fsp3) is 0.259. The van der Waals surface area contributed by atoms with Gasteiger partial charge in [0.15, 0.2) is 24.6 Å². The summed E-state index contributed by atoms with van der Waals surface area (Å²) in [5, 5.41) is 3.92. The van der Waals surface area contributed by atoms with Crippen LogP contribution in [0.15, 0.2) is 71.9 Å². The van der Waals surface area contributed by atoms with Crippen molar-refractivity contribution >= 4 is 15.8 Å². The van der Waals surface area contributed by atoms with Crippen LogP contribution in [-0.2, 0) is 15.4 Å². The molecule has 0 saturated heterocycles. The van der Waals surface area contributed by atoms with Crippen LogP contribution in [0.4, 0.5) is 5.82 Å². The molecule has 0 bridgehead atoms. The molecule has 0 fully saturated rings. The van der Waals surface area contributed by atoms with E-state index in [9.17, 15) is 8.42 Å². The first-order chi connectivity index (χ1) is 21.0. The van der Waals surface area contributed by atoms with E-state index < -0.39 is 46.4 Å². The van der Waals surface area contributed by atoms with Gasteiger partial charge in [0, 0.05) is 12.4 Å². The molecule has 0 radical (unpaired) electrons. The zero-order valence-corrected chi connectivity index (χ0v) is 22.3. The minimum atomic E-state index is -4.70. The smallest absolute Gasteiger partial charge is 0.263 e. The number of methoxy groups -OCH3 is 1. The molecule has 2 aromatic carbocycles. The molecule has 0 aliphatic carbocycles. The second-order valence-corrected chi connectivity index (χ2v) is 10.6. The second kappa shape index (κ2) is 11.6. The predicted octanol–water partition coefficient (Wildman–Crippen LogP) is 4.20. The van der Waals surface area contributed by atoms with Crippen LogP contribution >= 0.6 is 0 Å². The Morgan fingerprint density at radius 3 is 2.33 bits per heavy atom. The first kappa shape index (κ1) is 20.6. The van der Waals surface area contributed by atoms with Gasteiger partial charge in [-0.25, -0.2) is 23.4 Å². The van der Waals surface area contributed by atoms with Gasteiger partial charge in [0.2, 0.25) is 13.0 Å². The summed E-state index contributed by atoms with van der Waals surface area (Å²) in [5.41, 5.74) is 0.557. The van der Waals surface area contributed by atoms with Crippen LogP contribution in [0, 0.1) is 0 Å². The van der Waals surface area contributed by atoms with Crippen LogP contribution in [0.1, 0.15) is 31.8 Å². The molecule has 204 valence electrons. The number of para-hydroxylation sites is 2. The summed E-state index contributed by atoms with van der Waals surface area (Å²) in [6.07, 6.45) is 2.67. The van der Waals surface area contributed by atoms with Gasteiger partial charge in [-0.15, -0.1) is 0 Å². The number of anilines is 1. The second-order valence-electron chi connectivity index (χ2n) is 8.98. The molecule has 12 heteroatoms. The lowest BCUT2D eigenvalue weighted by atomic mass is 9.87. The number of aromatic nitrogens is 4. The number of sulfonamides is 1. The van der Waals surface area contributed by atoms with Crippen LogP contribution in [0.25, 0.3) is 11.6 Å². The maximum atomic E-state index is 13.8. The molecule has 0 aliphatic heterocycles. The molecule has 2 N–H and O–H groups in total. The lowest BCUT2D eigenvalue weighted by Gasteiger charge is -2.20. The Morgan fingerprint density at radius 1 is 1.00 bits per heavy atom. The van der Waals surface area contributed by atoms with E-state index in [1.54, 1.807) is 24.3 Å². The molecular formula is C27H29N5O6S. The van der Waals surface area contributed by atoms with Crippen molar-refractivity contribution in [3.63, 3.8) is 0 Å². The van der Waals surface area contributed by atoms with E-state index in [0.717, 1.165) is 5.56 Å². The molecule has 39 heavy (non-hydrogen) atoms. The van der Waals surface area contributed by atoms with Crippen molar-refractivity contribution in [3.05, 3.63) is 72.6 Å². The number of hydrogen-bond donors (Lipinski definition) is 2. The number of ether oxygens (including phenoxy) is 3. The standard InChI is InChI=1S/C27H29N5O6S/c1-27(2,3)18-10-12-19(13-11-18)39(34,35)32-23-22(38-21-9-6-5-8-20(21)36-4)26(37-17-16-33)31-25(30-23)24-28-14-7-15-29-24/h5-15,33H,16-17H2,1-4H3,(H,30,31,32)/i16D2,17D2,33D/hD. The lowest BCUT2D eigenvalue weighted by molar-refractivity contribution is 0.192. The molecule has 0 spiro atoms. The molecule has 4 aromatic rings. The van der Waals surface area contributed by atoms with Gasteiger partial charge in [-0.3, -0.25) is 4.72 Å². The number of rotatable bonds is 11. The van der Waals surface area contributed by atoms with Gasteiger partial charge in [0.05, 0.1) is 24.0 Å². The van der Waals surface area contributed by atoms with E-state index in [2.05, 4.69) is 25.0 Å². The highest BCUT2D eigenvalue weighted by Gasteiger charge is 2.26. The van der Waals surface area contributed by atoms with E-state index >= 15 is 0 Å². The highest BCUT2D eigenvalue weighted by atomic mass is 32.2. The van der Waals surface area contributed by atoms with Crippen LogP contribution in [0.5, 0.6) is 23.1 Å². The molecule has 0 atom stereocenters. The Morgan fingerprint density at radius 2 is 1.69 bits per heavy atom. The Labute approximate surface area is 235 Å². The summed E-state index contributed by atoms with van der Waals surface area (Å²) in [7, 11) is -3.36. The third-order valence-corrected chi connectivity index (χ3v) is 6.56. The van der Waals surface area contributed by atoms with E-state index in [1.807, 2.05) is 20.8 Å². The monoisotopic (exact) mass is 557 g/mol. The SMILES string of the molecule is [2H]OC([2H])([2H])C([2H])([2H])Oc1nc(-c2ncccn2)nc(N([2H])S(=O)(=O)c2ccc(C(C)(C)C)cc2)c1Oc1ccccc1OC. The first-order valence-electron chi connectivity index (χ1n) is 14.4. The minimum absolute atomic E-state index is 0.0377. The number of nitrogens with one attached hydrogen (secondary N) is 1. The molecule has 4 rings (SSSR count). The van der Waals surface area contributed by atoms with Gasteiger partial charge >= 0.3 is 0 Å². The number of benzene rings is 2. The molecule has 0 saturated carbocycles. The Balaban J connectivity index is 1.99. The molecule has 2 heterocycles. The third-order valence-electron chi connectivity index (χ3n) is 5.28. The zero-order chi connectivity index (χ0) is 33.2. The van der Waals surface area contributed by atoms with E-state index in [4.69, 9.17) is 22.5 Å². The van der Waals surface area contributed by atoms with Crippen molar-refractivity contribution in [3.8, 4) is 34.8 Å². The topological polar surface area (TPSA) is 146 Å². The van der Waals surface area contributed by atoms with Crippen molar-refractivity contribution in [2.24, 2.45) is 0 Å². The molecular weight excluding hydrogens is 522 g/mol. The van der Waals surface area contributed by atoms with Crippen LogP contribution in [0.2, 0.25) is 1.41 Å². The number of hydrogen-bond acceptors (Lipinski definition) is 10. The van der Waals surface area contributed by atoms with Crippen molar-refractivity contribution in [1.82, 2.24) is 19.9 Å². The Kier molecular flexibility index (Phi) is 6.15.